The molecule has 2 aromatic rings. The van der Waals surface area contributed by atoms with Crippen LogP contribution in [-0.4, -0.2) is 40.0 Å². The number of ether oxygens (including phenoxy) is 1. The lowest BCUT2D eigenvalue weighted by molar-refractivity contribution is -0.149. The molecule has 6 atom stereocenters. The summed E-state index contributed by atoms with van der Waals surface area (Å²) in [4.78, 5) is 24.0. The minimum Gasteiger partial charge on any atom is -0.495 e. The predicted octanol–water partition coefficient (Wildman–Crippen LogP) is 5.37. The average Bonchev–Trinajstić information content (AvgIpc) is 3.49. The Balaban J connectivity index is 1.28. The molecule has 5 nitrogen and oxygen atoms in total. The molecule has 3 aliphatic carbocycles. The average molecular weight is 422 g/mol. The molecule has 1 saturated heterocycles. The Morgan fingerprint density at radius 3 is 2.81 bits per heavy atom. The molecule has 6 rings (SSSR count). The summed E-state index contributed by atoms with van der Waals surface area (Å²) in [6.07, 6.45) is 13.2. The van der Waals surface area contributed by atoms with Crippen molar-refractivity contribution in [1.82, 2.24) is 14.9 Å². The van der Waals surface area contributed by atoms with Crippen LogP contribution >= 0.6 is 0 Å². The topological polar surface area (TPSA) is 58.2 Å². The molecule has 5 heteroatoms. The molecule has 166 valence electrons. The molecule has 0 aromatic carbocycles. The van der Waals surface area contributed by atoms with E-state index in [0.717, 1.165) is 29.2 Å². The van der Waals surface area contributed by atoms with E-state index in [4.69, 9.17) is 4.74 Å². The highest BCUT2D eigenvalue weighted by Gasteiger charge is 2.49. The van der Waals surface area contributed by atoms with E-state index in [1.165, 1.54) is 61.5 Å². The van der Waals surface area contributed by atoms with Gasteiger partial charge in [0.05, 0.1) is 13.3 Å². The van der Waals surface area contributed by atoms with Crippen molar-refractivity contribution >= 4 is 16.9 Å². The number of aromatic amines is 1. The van der Waals surface area contributed by atoms with E-state index < -0.39 is 0 Å². The van der Waals surface area contributed by atoms with Gasteiger partial charge in [-0.2, -0.15) is 0 Å². The monoisotopic (exact) mass is 421 g/mol. The van der Waals surface area contributed by atoms with Crippen molar-refractivity contribution in [2.45, 2.75) is 89.1 Å². The van der Waals surface area contributed by atoms with Crippen molar-refractivity contribution < 1.29 is 9.53 Å². The van der Waals surface area contributed by atoms with E-state index in [1.54, 1.807) is 7.11 Å². The van der Waals surface area contributed by atoms with Gasteiger partial charge in [-0.25, -0.2) is 4.98 Å². The zero-order valence-corrected chi connectivity index (χ0v) is 19.1. The van der Waals surface area contributed by atoms with Gasteiger partial charge in [0, 0.05) is 35.7 Å². The third-order valence-corrected chi connectivity index (χ3v) is 8.99. The van der Waals surface area contributed by atoms with Crippen LogP contribution in [0.4, 0.5) is 0 Å². The number of nitrogens with zero attached hydrogens (tertiary/aromatic N) is 2. The molecular weight excluding hydrogens is 386 g/mol. The molecule has 3 bridgehead atoms. The first-order chi connectivity index (χ1) is 15.0. The van der Waals surface area contributed by atoms with Crippen molar-refractivity contribution in [3.8, 4) is 5.75 Å². The summed E-state index contributed by atoms with van der Waals surface area (Å²) in [5, 5.41) is 1.20. The minimum atomic E-state index is 0.169. The summed E-state index contributed by atoms with van der Waals surface area (Å²) in [5.41, 5.74) is 3.45. The highest BCUT2D eigenvalue weighted by Crippen LogP contribution is 2.52. The Hall–Kier alpha value is -2.04. The number of hydrogen-bond donors (Lipinski definition) is 1. The predicted molar refractivity (Wildman–Crippen MR) is 121 cm³/mol. The Kier molecular flexibility index (Phi) is 4.59. The number of rotatable bonds is 5. The van der Waals surface area contributed by atoms with E-state index >= 15 is 0 Å². The zero-order chi connectivity index (χ0) is 21.3. The molecule has 6 unspecified atom stereocenters. The van der Waals surface area contributed by atoms with E-state index in [-0.39, 0.29) is 5.92 Å². The van der Waals surface area contributed by atoms with Crippen LogP contribution in [0.5, 0.6) is 5.75 Å². The summed E-state index contributed by atoms with van der Waals surface area (Å²) < 4.78 is 5.67. The molecule has 0 radical (unpaired) electrons. The van der Waals surface area contributed by atoms with Crippen LogP contribution in [0.15, 0.2) is 12.4 Å². The Bertz CT molecular complexity index is 1010. The maximum absolute atomic E-state index is 13.7. The highest BCUT2D eigenvalue weighted by atomic mass is 16.5. The molecule has 4 fully saturated rings. The van der Waals surface area contributed by atoms with Crippen molar-refractivity contribution in [2.24, 2.45) is 17.8 Å². The summed E-state index contributed by atoms with van der Waals surface area (Å²) in [6.45, 7) is 4.64. The molecule has 31 heavy (non-hydrogen) atoms. The van der Waals surface area contributed by atoms with Gasteiger partial charge in [0.25, 0.3) is 0 Å². The van der Waals surface area contributed by atoms with E-state index in [2.05, 4.69) is 34.9 Å². The molecule has 3 saturated carbocycles. The number of amides is 1. The minimum absolute atomic E-state index is 0.169. The molecule has 0 spiro atoms. The van der Waals surface area contributed by atoms with E-state index in [9.17, 15) is 4.79 Å². The SMILES string of the molecule is COc1cnc2[nH]cc(C(C)CC(=O)N3C4CCC5C(C)CC3CC5C4)c2c1C1CC1. The third kappa shape index (κ3) is 3.10. The van der Waals surface area contributed by atoms with Crippen molar-refractivity contribution in [3.63, 3.8) is 0 Å². The van der Waals surface area contributed by atoms with Crippen LogP contribution < -0.4 is 4.74 Å². The van der Waals surface area contributed by atoms with Gasteiger partial charge in [-0.15, -0.1) is 0 Å². The maximum Gasteiger partial charge on any atom is 0.223 e. The molecular formula is C26H35N3O2. The van der Waals surface area contributed by atoms with Crippen molar-refractivity contribution in [3.05, 3.63) is 23.5 Å². The smallest absolute Gasteiger partial charge is 0.223 e. The lowest BCUT2D eigenvalue weighted by Gasteiger charge is -2.57. The zero-order valence-electron chi connectivity index (χ0n) is 19.1. The molecule has 4 aliphatic rings. The number of likely N-dealkylation sites (tertiary alicyclic amines) is 1. The second kappa shape index (κ2) is 7.25. The van der Waals surface area contributed by atoms with Crippen molar-refractivity contribution in [2.75, 3.05) is 7.11 Å². The van der Waals surface area contributed by atoms with Crippen LogP contribution in [-0.2, 0) is 4.79 Å². The summed E-state index contributed by atoms with van der Waals surface area (Å²) >= 11 is 0. The molecule has 3 heterocycles. The van der Waals surface area contributed by atoms with Gasteiger partial charge >= 0.3 is 0 Å². The summed E-state index contributed by atoms with van der Waals surface area (Å²) in [7, 11) is 1.73. The normalized spacial score (nSPS) is 33.0. The fourth-order valence-corrected chi connectivity index (χ4v) is 7.45. The van der Waals surface area contributed by atoms with Gasteiger partial charge < -0.3 is 14.6 Å². The number of methoxy groups -OCH3 is 1. The van der Waals surface area contributed by atoms with Crippen LogP contribution in [0.3, 0.4) is 0 Å². The molecule has 1 N–H and O–H groups in total. The van der Waals surface area contributed by atoms with Gasteiger partial charge in [0.1, 0.15) is 11.4 Å². The van der Waals surface area contributed by atoms with E-state index in [1.807, 2.05) is 6.20 Å². The lowest BCUT2D eigenvalue weighted by atomic mass is 9.60. The largest absolute Gasteiger partial charge is 0.495 e. The number of fused-ring (bicyclic) bond motifs is 3. The second-order valence-corrected chi connectivity index (χ2v) is 10.9. The molecule has 1 aliphatic heterocycles. The van der Waals surface area contributed by atoms with E-state index in [0.29, 0.717) is 30.3 Å². The second-order valence-electron chi connectivity index (χ2n) is 10.9. The number of hydrogen-bond acceptors (Lipinski definition) is 3. The van der Waals surface area contributed by atoms with Crippen LogP contribution in [0.25, 0.3) is 11.0 Å². The number of pyridine rings is 1. The van der Waals surface area contributed by atoms with Gasteiger partial charge in [-0.1, -0.05) is 13.8 Å². The van der Waals surface area contributed by atoms with Gasteiger partial charge in [0.15, 0.2) is 0 Å². The van der Waals surface area contributed by atoms with Crippen LogP contribution in [0.1, 0.15) is 88.2 Å². The Labute approximate surface area is 184 Å². The number of piperidine rings is 1. The summed E-state index contributed by atoms with van der Waals surface area (Å²) in [6, 6.07) is 0.959. The first-order valence-electron chi connectivity index (χ1n) is 12.4. The fourth-order valence-electron chi connectivity index (χ4n) is 7.45. The van der Waals surface area contributed by atoms with Crippen LogP contribution in [0.2, 0.25) is 0 Å². The molecule has 2 aromatic heterocycles. The van der Waals surface area contributed by atoms with Gasteiger partial charge in [-0.3, -0.25) is 4.79 Å². The Morgan fingerprint density at radius 1 is 1.23 bits per heavy atom. The van der Waals surface area contributed by atoms with Gasteiger partial charge in [-0.05, 0) is 80.1 Å². The van der Waals surface area contributed by atoms with Crippen LogP contribution in [0, 0.1) is 17.8 Å². The number of carbonyl (C=O) groups excluding carboxylic acids is 1. The first kappa shape index (κ1) is 19.6. The highest BCUT2D eigenvalue weighted by molar-refractivity contribution is 5.88. The Morgan fingerprint density at radius 2 is 2.03 bits per heavy atom. The maximum atomic E-state index is 13.7. The number of nitrogens with one attached hydrogen (secondary N) is 1. The van der Waals surface area contributed by atoms with Gasteiger partial charge in [0.2, 0.25) is 5.91 Å². The summed E-state index contributed by atoms with van der Waals surface area (Å²) in [5.74, 6) is 4.54. The molecule has 1 amide bonds. The fraction of sp³-hybridized carbons (Fsp3) is 0.692. The third-order valence-electron chi connectivity index (χ3n) is 8.99. The quantitative estimate of drug-likeness (QED) is 0.706. The lowest BCUT2D eigenvalue weighted by Crippen LogP contribution is -2.59. The standard InChI is InChI=1S/C26H35N3O2/c1-14-8-19-11-17-10-18(6-7-20(14)17)29(19)23(30)9-15(2)21-12-27-26-25(21)24(16-4-5-16)22(31-3)13-28-26/h12-20H,4-11H2,1-3H3,(H,27,28). The number of carbonyl (C=O) groups is 1. The van der Waals surface area contributed by atoms with Crippen molar-refractivity contribution in [1.29, 1.82) is 0 Å². The first-order valence-corrected chi connectivity index (χ1v) is 12.4. The number of H-pyrrole nitrogens is 1. The number of aromatic nitrogens is 2.